The van der Waals surface area contributed by atoms with Crippen LogP contribution in [0.15, 0.2) is 34.9 Å². The Bertz CT molecular complexity index is 668. The van der Waals surface area contributed by atoms with Crippen LogP contribution < -0.4 is 5.32 Å². The van der Waals surface area contributed by atoms with Gasteiger partial charge in [-0.1, -0.05) is 39.7 Å². The summed E-state index contributed by atoms with van der Waals surface area (Å²) in [5, 5.41) is 7.71. The predicted octanol–water partition coefficient (Wildman–Crippen LogP) is 3.26. The molecule has 1 heterocycles. The fraction of sp³-hybridized carbons (Fsp3) is 0.333. The van der Waals surface area contributed by atoms with Gasteiger partial charge in [-0.15, -0.1) is 0 Å². The van der Waals surface area contributed by atoms with E-state index in [4.69, 9.17) is 11.6 Å². The van der Waals surface area contributed by atoms with Crippen molar-refractivity contribution in [3.05, 3.63) is 51.2 Å². The molecule has 3 rings (SSSR count). The number of carbonyl (C=O) groups is 1. The highest BCUT2D eigenvalue weighted by molar-refractivity contribution is 9.10. The Morgan fingerprint density at radius 3 is 2.81 bits per heavy atom. The average molecular weight is 369 g/mol. The van der Waals surface area contributed by atoms with Gasteiger partial charge in [0.1, 0.15) is 5.69 Å². The maximum absolute atomic E-state index is 12.1. The van der Waals surface area contributed by atoms with Crippen LogP contribution in [0.5, 0.6) is 0 Å². The molecule has 0 aliphatic heterocycles. The van der Waals surface area contributed by atoms with Gasteiger partial charge in [0.2, 0.25) is 5.91 Å². The monoisotopic (exact) mass is 367 g/mol. The van der Waals surface area contributed by atoms with Gasteiger partial charge < -0.3 is 5.32 Å². The highest BCUT2D eigenvalue weighted by Crippen LogP contribution is 2.47. The zero-order chi connectivity index (χ0) is 15.0. The fourth-order valence-corrected chi connectivity index (χ4v) is 3.00. The summed E-state index contributed by atoms with van der Waals surface area (Å²) in [7, 11) is 1.81. The number of aryl methyl sites for hydroxylation is 1. The van der Waals surface area contributed by atoms with E-state index in [2.05, 4.69) is 38.5 Å². The third kappa shape index (κ3) is 3.30. The Morgan fingerprint density at radius 1 is 1.48 bits per heavy atom. The molecule has 1 fully saturated rings. The highest BCUT2D eigenvalue weighted by atomic mass is 79.9. The van der Waals surface area contributed by atoms with Crippen LogP contribution >= 0.6 is 27.5 Å². The summed E-state index contributed by atoms with van der Waals surface area (Å²) in [6.45, 7) is 0.377. The lowest BCUT2D eigenvalue weighted by Crippen LogP contribution is -2.25. The van der Waals surface area contributed by atoms with Crippen molar-refractivity contribution in [1.82, 2.24) is 15.1 Å². The van der Waals surface area contributed by atoms with Gasteiger partial charge in [-0.05, 0) is 30.0 Å². The van der Waals surface area contributed by atoms with Crippen molar-refractivity contribution >= 4 is 33.4 Å². The summed E-state index contributed by atoms with van der Waals surface area (Å²) in [5.74, 6) is 0.468. The van der Waals surface area contributed by atoms with Crippen LogP contribution in [0, 0.1) is 5.92 Å². The van der Waals surface area contributed by atoms with Crippen LogP contribution in [0.2, 0.25) is 5.02 Å². The molecule has 2 atom stereocenters. The van der Waals surface area contributed by atoms with Crippen molar-refractivity contribution in [2.24, 2.45) is 13.0 Å². The SMILES string of the molecule is Cn1cc(Cl)c(CNC(=O)[C@@H]2C[C@H]2c2ccc(Br)cc2)n1. The number of carbonyl (C=O) groups excluding carboxylic acids is 1. The first-order valence-electron chi connectivity index (χ1n) is 6.76. The molecule has 0 bridgehead atoms. The topological polar surface area (TPSA) is 46.9 Å². The lowest BCUT2D eigenvalue weighted by Gasteiger charge is -2.04. The minimum Gasteiger partial charge on any atom is -0.350 e. The van der Waals surface area contributed by atoms with Gasteiger partial charge >= 0.3 is 0 Å². The zero-order valence-corrected chi connectivity index (χ0v) is 13.9. The number of benzene rings is 1. The molecule has 4 nitrogen and oxygen atoms in total. The van der Waals surface area contributed by atoms with Crippen LogP contribution in [0.1, 0.15) is 23.6 Å². The molecule has 0 saturated heterocycles. The first-order valence-corrected chi connectivity index (χ1v) is 7.93. The van der Waals surface area contributed by atoms with Crippen molar-refractivity contribution in [1.29, 1.82) is 0 Å². The molecule has 0 unspecified atom stereocenters. The summed E-state index contributed by atoms with van der Waals surface area (Å²) in [6.07, 6.45) is 2.63. The van der Waals surface area contributed by atoms with Gasteiger partial charge in [0, 0.05) is 23.6 Å². The second kappa shape index (κ2) is 5.81. The highest BCUT2D eigenvalue weighted by Gasteiger charge is 2.43. The third-order valence-electron chi connectivity index (χ3n) is 3.71. The second-order valence-corrected chi connectivity index (χ2v) is 6.64. The van der Waals surface area contributed by atoms with Gasteiger partial charge in [0.25, 0.3) is 0 Å². The molecule has 110 valence electrons. The van der Waals surface area contributed by atoms with E-state index in [-0.39, 0.29) is 11.8 Å². The lowest BCUT2D eigenvalue weighted by atomic mass is 10.1. The number of hydrogen-bond donors (Lipinski definition) is 1. The number of hydrogen-bond acceptors (Lipinski definition) is 2. The van der Waals surface area contributed by atoms with E-state index in [1.165, 1.54) is 5.56 Å². The Morgan fingerprint density at radius 2 is 2.19 bits per heavy atom. The summed E-state index contributed by atoms with van der Waals surface area (Å²) in [4.78, 5) is 12.1. The number of halogens is 2. The minimum atomic E-state index is 0.0636. The maximum atomic E-state index is 12.1. The van der Waals surface area contributed by atoms with Crippen molar-refractivity contribution in [3.63, 3.8) is 0 Å². The molecule has 1 amide bonds. The van der Waals surface area contributed by atoms with E-state index < -0.39 is 0 Å². The standard InChI is InChI=1S/C15H15BrClN3O/c1-20-8-13(17)14(19-20)7-18-15(21)12-6-11(12)9-2-4-10(16)5-3-9/h2-5,8,11-12H,6-7H2,1H3,(H,18,21)/t11-,12+/m0/s1. The fourth-order valence-electron chi connectivity index (χ4n) is 2.49. The molecule has 1 aliphatic rings. The van der Waals surface area contributed by atoms with E-state index in [1.807, 2.05) is 19.2 Å². The van der Waals surface area contributed by atoms with Gasteiger partial charge in [-0.2, -0.15) is 5.10 Å². The van der Waals surface area contributed by atoms with Gasteiger partial charge in [-0.3, -0.25) is 9.48 Å². The lowest BCUT2D eigenvalue weighted by molar-refractivity contribution is -0.122. The molecule has 1 aliphatic carbocycles. The number of nitrogens with one attached hydrogen (secondary N) is 1. The van der Waals surface area contributed by atoms with Crippen LogP contribution in [-0.2, 0) is 18.4 Å². The maximum Gasteiger partial charge on any atom is 0.224 e. The Kier molecular flexibility index (Phi) is 4.04. The summed E-state index contributed by atoms with van der Waals surface area (Å²) < 4.78 is 2.70. The smallest absolute Gasteiger partial charge is 0.224 e. The molecule has 1 aromatic heterocycles. The molecule has 1 N–H and O–H groups in total. The van der Waals surface area contributed by atoms with Gasteiger partial charge in [0.05, 0.1) is 11.6 Å². The van der Waals surface area contributed by atoms with Gasteiger partial charge in [-0.25, -0.2) is 0 Å². The van der Waals surface area contributed by atoms with E-state index >= 15 is 0 Å². The van der Waals surface area contributed by atoms with Crippen molar-refractivity contribution in [2.75, 3.05) is 0 Å². The molecule has 0 spiro atoms. The van der Waals surface area contributed by atoms with Crippen molar-refractivity contribution in [3.8, 4) is 0 Å². The minimum absolute atomic E-state index is 0.0636. The number of nitrogens with zero attached hydrogens (tertiary/aromatic N) is 2. The Labute approximate surface area is 136 Å². The third-order valence-corrected chi connectivity index (χ3v) is 4.55. The van der Waals surface area contributed by atoms with Crippen LogP contribution in [0.25, 0.3) is 0 Å². The number of amides is 1. The number of aromatic nitrogens is 2. The molecule has 1 aromatic carbocycles. The molecular formula is C15H15BrClN3O. The van der Waals surface area contributed by atoms with Gasteiger partial charge in [0.15, 0.2) is 0 Å². The molecule has 1 saturated carbocycles. The summed E-state index contributed by atoms with van der Waals surface area (Å²) in [5.41, 5.74) is 1.92. The summed E-state index contributed by atoms with van der Waals surface area (Å²) >= 11 is 9.44. The van der Waals surface area contributed by atoms with Crippen LogP contribution in [-0.4, -0.2) is 15.7 Å². The molecule has 2 aromatic rings. The van der Waals surface area contributed by atoms with Crippen molar-refractivity contribution < 1.29 is 4.79 Å². The quantitative estimate of drug-likeness (QED) is 0.900. The normalized spacial score (nSPS) is 20.3. The number of rotatable bonds is 4. The Balaban J connectivity index is 1.56. The Hall–Kier alpha value is -1.33. The molecule has 0 radical (unpaired) electrons. The van der Waals surface area contributed by atoms with E-state index in [0.717, 1.165) is 10.9 Å². The van der Waals surface area contributed by atoms with Crippen LogP contribution in [0.3, 0.4) is 0 Å². The summed E-state index contributed by atoms with van der Waals surface area (Å²) in [6, 6.07) is 8.15. The largest absolute Gasteiger partial charge is 0.350 e. The first kappa shape index (κ1) is 14.6. The molecule has 6 heteroatoms. The van der Waals surface area contributed by atoms with E-state index in [1.54, 1.807) is 10.9 Å². The molecule has 21 heavy (non-hydrogen) atoms. The first-order chi connectivity index (χ1) is 10.0. The predicted molar refractivity (Wildman–Crippen MR) is 85.1 cm³/mol. The van der Waals surface area contributed by atoms with E-state index in [0.29, 0.717) is 23.2 Å². The average Bonchev–Trinajstić information content (AvgIpc) is 3.17. The second-order valence-electron chi connectivity index (χ2n) is 5.32. The molecular weight excluding hydrogens is 354 g/mol. The zero-order valence-electron chi connectivity index (χ0n) is 11.5. The van der Waals surface area contributed by atoms with Crippen molar-refractivity contribution in [2.45, 2.75) is 18.9 Å². The van der Waals surface area contributed by atoms with Crippen LogP contribution in [0.4, 0.5) is 0 Å². The van der Waals surface area contributed by atoms with E-state index in [9.17, 15) is 4.79 Å².